The first kappa shape index (κ1) is 16.4. The molecule has 23 heavy (non-hydrogen) atoms. The minimum Gasteiger partial charge on any atom is -0.461 e. The van der Waals surface area contributed by atoms with E-state index in [1.807, 2.05) is 0 Å². The fraction of sp³-hybridized carbons (Fsp3) is 0.188. The fourth-order valence-electron chi connectivity index (χ4n) is 1.81. The van der Waals surface area contributed by atoms with Gasteiger partial charge in [-0.05, 0) is 19.1 Å². The highest BCUT2D eigenvalue weighted by molar-refractivity contribution is 6.40. The van der Waals surface area contributed by atoms with Gasteiger partial charge in [0.2, 0.25) is 0 Å². The molecule has 2 aromatic rings. The van der Waals surface area contributed by atoms with Crippen LogP contribution in [0.3, 0.4) is 0 Å². The van der Waals surface area contributed by atoms with Gasteiger partial charge in [-0.15, -0.1) is 0 Å². The predicted molar refractivity (Wildman–Crippen MR) is 82.1 cm³/mol. The van der Waals surface area contributed by atoms with Crippen molar-refractivity contribution in [2.45, 2.75) is 13.5 Å². The largest absolute Gasteiger partial charge is 0.461 e. The molecule has 0 aliphatic rings. The Morgan fingerprint density at radius 2 is 2.22 bits per heavy atom. The molecule has 0 aliphatic carbocycles. The number of halogens is 1. The molecule has 0 atom stereocenters. The second-order valence-electron chi connectivity index (χ2n) is 4.52. The van der Waals surface area contributed by atoms with Gasteiger partial charge in [0.05, 0.1) is 12.3 Å². The zero-order valence-corrected chi connectivity index (χ0v) is 12.5. The van der Waals surface area contributed by atoms with Crippen molar-refractivity contribution in [3.8, 4) is 0 Å². The van der Waals surface area contributed by atoms with Crippen LogP contribution in [-0.2, 0) is 16.1 Å². The highest BCUT2D eigenvalue weighted by atomic mass is 19.1. The smallest absolute Gasteiger partial charge is 0.356 e. The molecule has 0 aliphatic heterocycles. The average molecular weight is 317 g/mol. The third kappa shape index (κ3) is 4.50. The summed E-state index contributed by atoms with van der Waals surface area (Å²) in [7, 11) is 0. The lowest BCUT2D eigenvalue weighted by Gasteiger charge is -2.10. The van der Waals surface area contributed by atoms with Crippen molar-refractivity contribution in [2.75, 3.05) is 6.61 Å². The SMILES string of the molecule is CCOC(=O)C(=N)/C=C(\NCc1ccccc1F)c1ccon1. The van der Waals surface area contributed by atoms with Gasteiger partial charge in [-0.3, -0.25) is 5.41 Å². The van der Waals surface area contributed by atoms with E-state index in [9.17, 15) is 9.18 Å². The van der Waals surface area contributed by atoms with E-state index in [1.54, 1.807) is 31.2 Å². The summed E-state index contributed by atoms with van der Waals surface area (Å²) in [6, 6.07) is 7.89. The molecular weight excluding hydrogens is 301 g/mol. The first-order valence-electron chi connectivity index (χ1n) is 6.97. The zero-order valence-electron chi connectivity index (χ0n) is 12.5. The van der Waals surface area contributed by atoms with Crippen LogP contribution in [0, 0.1) is 11.2 Å². The fourth-order valence-corrected chi connectivity index (χ4v) is 1.81. The third-order valence-electron chi connectivity index (χ3n) is 2.92. The van der Waals surface area contributed by atoms with Gasteiger partial charge < -0.3 is 14.6 Å². The summed E-state index contributed by atoms with van der Waals surface area (Å²) in [5.74, 6) is -1.10. The predicted octanol–water partition coefficient (Wildman–Crippen LogP) is 2.53. The molecule has 0 amide bonds. The van der Waals surface area contributed by atoms with Crippen LogP contribution < -0.4 is 5.32 Å². The second-order valence-corrected chi connectivity index (χ2v) is 4.52. The number of aromatic nitrogens is 1. The minimum absolute atomic E-state index is 0.168. The molecule has 0 spiro atoms. The number of rotatable bonds is 7. The van der Waals surface area contributed by atoms with Crippen LogP contribution in [0.15, 0.2) is 47.2 Å². The van der Waals surface area contributed by atoms with Gasteiger partial charge in [-0.25, -0.2) is 9.18 Å². The molecule has 0 unspecified atom stereocenters. The van der Waals surface area contributed by atoms with Crippen LogP contribution in [0.2, 0.25) is 0 Å². The summed E-state index contributed by atoms with van der Waals surface area (Å²) in [5.41, 5.74) is 0.867. The van der Waals surface area contributed by atoms with Crippen molar-refractivity contribution >= 4 is 17.4 Å². The number of carbonyl (C=O) groups is 1. The molecule has 0 saturated carbocycles. The lowest BCUT2D eigenvalue weighted by molar-refractivity contribution is -0.135. The number of esters is 1. The van der Waals surface area contributed by atoms with Crippen molar-refractivity contribution in [1.29, 1.82) is 5.41 Å². The molecule has 120 valence electrons. The number of ether oxygens (including phenoxy) is 1. The molecule has 2 N–H and O–H groups in total. The maximum Gasteiger partial charge on any atom is 0.356 e. The highest BCUT2D eigenvalue weighted by Gasteiger charge is 2.12. The molecule has 0 fully saturated rings. The normalized spacial score (nSPS) is 11.1. The molecule has 6 nitrogen and oxygen atoms in total. The molecule has 1 aromatic carbocycles. The summed E-state index contributed by atoms with van der Waals surface area (Å²) in [6.45, 7) is 2.00. The van der Waals surface area contributed by atoms with Crippen LogP contribution in [0.25, 0.3) is 5.70 Å². The number of hydrogen-bond acceptors (Lipinski definition) is 6. The van der Waals surface area contributed by atoms with E-state index in [1.165, 1.54) is 18.4 Å². The third-order valence-corrected chi connectivity index (χ3v) is 2.92. The molecule has 1 aromatic heterocycles. The molecule has 2 rings (SSSR count). The first-order chi connectivity index (χ1) is 11.1. The molecule has 0 saturated heterocycles. The van der Waals surface area contributed by atoms with E-state index in [-0.39, 0.29) is 24.7 Å². The lowest BCUT2D eigenvalue weighted by atomic mass is 10.2. The maximum absolute atomic E-state index is 13.7. The summed E-state index contributed by atoms with van der Waals surface area (Å²) in [4.78, 5) is 11.6. The second kappa shape index (κ2) is 7.88. The van der Waals surface area contributed by atoms with Crippen molar-refractivity contribution in [3.63, 3.8) is 0 Å². The van der Waals surface area contributed by atoms with Gasteiger partial charge in [-0.1, -0.05) is 23.4 Å². The van der Waals surface area contributed by atoms with Crippen molar-refractivity contribution in [3.05, 3.63) is 59.7 Å². The minimum atomic E-state index is -0.749. The molecule has 7 heteroatoms. The van der Waals surface area contributed by atoms with E-state index in [0.29, 0.717) is 17.0 Å². The molecule has 0 radical (unpaired) electrons. The Balaban J connectivity index is 2.17. The Morgan fingerprint density at radius 3 is 2.87 bits per heavy atom. The number of carbonyl (C=O) groups excluding carboxylic acids is 1. The Kier molecular flexibility index (Phi) is 5.62. The maximum atomic E-state index is 13.7. The Bertz CT molecular complexity index is 711. The Morgan fingerprint density at radius 1 is 1.43 bits per heavy atom. The summed E-state index contributed by atoms with van der Waals surface area (Å²) in [5, 5.41) is 14.5. The van der Waals surface area contributed by atoms with Gasteiger partial charge in [0.25, 0.3) is 0 Å². The van der Waals surface area contributed by atoms with Crippen molar-refractivity contribution in [2.24, 2.45) is 0 Å². The van der Waals surface area contributed by atoms with E-state index in [0.717, 1.165) is 0 Å². The van der Waals surface area contributed by atoms with Crippen LogP contribution >= 0.6 is 0 Å². The van der Waals surface area contributed by atoms with Crippen molar-refractivity contribution in [1.82, 2.24) is 10.5 Å². The van der Waals surface area contributed by atoms with Crippen LogP contribution in [0.4, 0.5) is 4.39 Å². The standard InChI is InChI=1S/C16H16FN3O3/c1-2-22-16(21)13(18)9-15(14-7-8-23-20-14)19-10-11-5-3-4-6-12(11)17/h3-9,18-19H,2,10H2,1H3/b15-9-,18-13?. The van der Waals surface area contributed by atoms with Crippen LogP contribution in [0.5, 0.6) is 0 Å². The average Bonchev–Trinajstić information content (AvgIpc) is 3.07. The summed E-state index contributed by atoms with van der Waals surface area (Å²) in [6.07, 6.45) is 2.64. The van der Waals surface area contributed by atoms with Gasteiger partial charge in [0.15, 0.2) is 0 Å². The topological polar surface area (TPSA) is 88.2 Å². The van der Waals surface area contributed by atoms with Crippen LogP contribution in [0.1, 0.15) is 18.2 Å². The Hall–Kier alpha value is -2.96. The van der Waals surface area contributed by atoms with E-state index in [4.69, 9.17) is 14.7 Å². The number of nitrogens with one attached hydrogen (secondary N) is 2. The van der Waals surface area contributed by atoms with Gasteiger partial charge >= 0.3 is 5.97 Å². The van der Waals surface area contributed by atoms with Gasteiger partial charge in [-0.2, -0.15) is 0 Å². The number of nitrogens with zero attached hydrogens (tertiary/aromatic N) is 1. The number of hydrogen-bond donors (Lipinski definition) is 2. The Labute approximate surface area is 132 Å². The monoisotopic (exact) mass is 317 g/mol. The number of benzene rings is 1. The highest BCUT2D eigenvalue weighted by Crippen LogP contribution is 2.12. The zero-order chi connectivity index (χ0) is 16.7. The molecule has 1 heterocycles. The van der Waals surface area contributed by atoms with E-state index >= 15 is 0 Å². The van der Waals surface area contributed by atoms with Crippen molar-refractivity contribution < 1.29 is 18.4 Å². The van der Waals surface area contributed by atoms with Gasteiger partial charge in [0, 0.05) is 18.2 Å². The quantitative estimate of drug-likeness (QED) is 0.605. The summed E-state index contributed by atoms with van der Waals surface area (Å²) >= 11 is 0. The summed E-state index contributed by atoms with van der Waals surface area (Å²) < 4.78 is 23.2. The van der Waals surface area contributed by atoms with E-state index < -0.39 is 5.97 Å². The van der Waals surface area contributed by atoms with Gasteiger partial charge in [0.1, 0.15) is 23.5 Å². The molecular formula is C16H16FN3O3. The lowest BCUT2D eigenvalue weighted by Crippen LogP contribution is -2.19. The van der Waals surface area contributed by atoms with E-state index in [2.05, 4.69) is 10.5 Å². The first-order valence-corrected chi connectivity index (χ1v) is 6.97. The molecule has 0 bridgehead atoms. The van der Waals surface area contributed by atoms with Crippen LogP contribution in [-0.4, -0.2) is 23.4 Å².